The minimum atomic E-state index is -1.48. The molecule has 5 nitrogen and oxygen atoms in total. The number of esters is 1. The molecule has 0 amide bonds. The standard InChI is InChI=1S/C12H15ClO5/c1-6-8(13)5-7(9(14)12(15)18-4)11(17-3)10(6)16-2/h5,9,14H,1-4H3. The summed E-state index contributed by atoms with van der Waals surface area (Å²) in [6.07, 6.45) is -1.48. The fraction of sp³-hybridized carbons (Fsp3) is 0.417. The van der Waals surface area contributed by atoms with Crippen molar-refractivity contribution >= 4 is 17.6 Å². The number of halogens is 1. The van der Waals surface area contributed by atoms with E-state index in [1.54, 1.807) is 6.92 Å². The van der Waals surface area contributed by atoms with Crippen LogP contribution in [0.1, 0.15) is 17.2 Å². The molecular weight excluding hydrogens is 260 g/mol. The lowest BCUT2D eigenvalue weighted by atomic mass is 10.0. The number of hydrogen-bond acceptors (Lipinski definition) is 5. The van der Waals surface area contributed by atoms with E-state index in [2.05, 4.69) is 4.74 Å². The zero-order valence-corrected chi connectivity index (χ0v) is 11.4. The minimum absolute atomic E-state index is 0.205. The van der Waals surface area contributed by atoms with Crippen molar-refractivity contribution in [1.82, 2.24) is 0 Å². The maximum atomic E-state index is 11.4. The average Bonchev–Trinajstić information content (AvgIpc) is 2.39. The largest absolute Gasteiger partial charge is 0.493 e. The van der Waals surface area contributed by atoms with Gasteiger partial charge in [-0.2, -0.15) is 0 Å². The summed E-state index contributed by atoms with van der Waals surface area (Å²) in [7, 11) is 4.05. The Bertz CT molecular complexity index is 458. The topological polar surface area (TPSA) is 65.0 Å². The molecule has 1 rings (SSSR count). The Labute approximate surface area is 110 Å². The molecule has 0 aliphatic heterocycles. The van der Waals surface area contributed by atoms with Gasteiger partial charge in [0.2, 0.25) is 0 Å². The summed E-state index contributed by atoms with van der Waals surface area (Å²) in [5.41, 5.74) is 0.869. The summed E-state index contributed by atoms with van der Waals surface area (Å²) in [6.45, 7) is 1.75. The van der Waals surface area contributed by atoms with Gasteiger partial charge in [0.1, 0.15) is 0 Å². The van der Waals surface area contributed by atoms with Crippen LogP contribution in [0.25, 0.3) is 0 Å². The molecule has 0 saturated heterocycles. The highest BCUT2D eigenvalue weighted by Crippen LogP contribution is 2.41. The second kappa shape index (κ2) is 5.93. The zero-order chi connectivity index (χ0) is 13.9. The lowest BCUT2D eigenvalue weighted by molar-refractivity contribution is -0.150. The molecule has 0 saturated carbocycles. The monoisotopic (exact) mass is 274 g/mol. The van der Waals surface area contributed by atoms with E-state index >= 15 is 0 Å². The Kier molecular flexibility index (Phi) is 4.81. The Morgan fingerprint density at radius 1 is 1.28 bits per heavy atom. The van der Waals surface area contributed by atoms with E-state index < -0.39 is 12.1 Å². The van der Waals surface area contributed by atoms with Crippen molar-refractivity contribution in [3.05, 3.63) is 22.2 Å². The van der Waals surface area contributed by atoms with Gasteiger partial charge in [-0.1, -0.05) is 11.6 Å². The van der Waals surface area contributed by atoms with Crippen molar-refractivity contribution in [3.63, 3.8) is 0 Å². The highest BCUT2D eigenvalue weighted by molar-refractivity contribution is 6.31. The SMILES string of the molecule is COC(=O)C(O)c1cc(Cl)c(C)c(OC)c1OC. The predicted octanol–water partition coefficient (Wildman–Crippen LogP) is 1.87. The molecule has 0 bridgehead atoms. The molecule has 1 atom stereocenters. The van der Waals surface area contributed by atoms with Crippen molar-refractivity contribution in [1.29, 1.82) is 0 Å². The molecule has 1 N–H and O–H groups in total. The molecule has 18 heavy (non-hydrogen) atoms. The van der Waals surface area contributed by atoms with Gasteiger partial charge in [0, 0.05) is 16.1 Å². The molecule has 1 unspecified atom stereocenters. The molecule has 0 spiro atoms. The number of carbonyl (C=O) groups excluding carboxylic acids is 1. The number of aliphatic hydroxyl groups is 1. The number of ether oxygens (including phenoxy) is 3. The van der Waals surface area contributed by atoms with Crippen LogP contribution in [0.5, 0.6) is 11.5 Å². The lowest BCUT2D eigenvalue weighted by Gasteiger charge is -2.18. The summed E-state index contributed by atoms with van der Waals surface area (Å²) < 4.78 is 14.8. The van der Waals surface area contributed by atoms with Gasteiger partial charge in [-0.3, -0.25) is 0 Å². The van der Waals surface area contributed by atoms with Gasteiger partial charge in [-0.05, 0) is 13.0 Å². The normalized spacial score (nSPS) is 11.9. The van der Waals surface area contributed by atoms with Crippen LogP contribution in [-0.4, -0.2) is 32.4 Å². The molecule has 0 radical (unpaired) electrons. The average molecular weight is 275 g/mol. The van der Waals surface area contributed by atoms with Crippen molar-refractivity contribution < 1.29 is 24.1 Å². The smallest absolute Gasteiger partial charge is 0.339 e. The molecule has 0 aliphatic carbocycles. The molecule has 0 fully saturated rings. The molecule has 1 aromatic carbocycles. The van der Waals surface area contributed by atoms with Crippen molar-refractivity contribution in [2.24, 2.45) is 0 Å². The number of rotatable bonds is 4. The second-order valence-corrected chi connectivity index (χ2v) is 3.97. The third kappa shape index (κ3) is 2.52. The Morgan fingerprint density at radius 3 is 2.28 bits per heavy atom. The summed E-state index contributed by atoms with van der Waals surface area (Å²) in [5, 5.41) is 10.2. The van der Waals surface area contributed by atoms with Crippen LogP contribution >= 0.6 is 11.6 Å². The summed E-state index contributed by atoms with van der Waals surface area (Å²) in [4.78, 5) is 11.4. The van der Waals surface area contributed by atoms with Gasteiger partial charge in [-0.25, -0.2) is 4.79 Å². The van der Waals surface area contributed by atoms with Gasteiger partial charge in [0.25, 0.3) is 0 Å². The van der Waals surface area contributed by atoms with Crippen LogP contribution in [0.2, 0.25) is 5.02 Å². The van der Waals surface area contributed by atoms with Crippen LogP contribution in [0.15, 0.2) is 6.07 Å². The van der Waals surface area contributed by atoms with Crippen molar-refractivity contribution in [2.45, 2.75) is 13.0 Å². The number of hydrogen-bond donors (Lipinski definition) is 1. The van der Waals surface area contributed by atoms with E-state index in [1.807, 2.05) is 0 Å². The maximum absolute atomic E-state index is 11.4. The van der Waals surface area contributed by atoms with Crippen LogP contribution < -0.4 is 9.47 Å². The molecule has 0 aromatic heterocycles. The quantitative estimate of drug-likeness (QED) is 0.849. The van der Waals surface area contributed by atoms with Crippen molar-refractivity contribution in [2.75, 3.05) is 21.3 Å². The molecule has 0 heterocycles. The number of benzene rings is 1. The third-order valence-electron chi connectivity index (χ3n) is 2.58. The Balaban J connectivity index is 3.44. The van der Waals surface area contributed by atoms with E-state index in [0.29, 0.717) is 16.3 Å². The first-order chi connectivity index (χ1) is 8.47. The fourth-order valence-corrected chi connectivity index (χ4v) is 1.82. The predicted molar refractivity (Wildman–Crippen MR) is 66.3 cm³/mol. The highest BCUT2D eigenvalue weighted by Gasteiger charge is 2.26. The fourth-order valence-electron chi connectivity index (χ4n) is 1.62. The van der Waals surface area contributed by atoms with Gasteiger partial charge >= 0.3 is 5.97 Å². The van der Waals surface area contributed by atoms with E-state index in [9.17, 15) is 9.90 Å². The summed E-state index contributed by atoms with van der Waals surface area (Å²) in [6, 6.07) is 1.46. The molecule has 100 valence electrons. The highest BCUT2D eigenvalue weighted by atomic mass is 35.5. The van der Waals surface area contributed by atoms with E-state index in [1.165, 1.54) is 27.4 Å². The molecule has 6 heteroatoms. The van der Waals surface area contributed by atoms with Crippen LogP contribution in [0.4, 0.5) is 0 Å². The summed E-state index contributed by atoms with van der Waals surface area (Å²) >= 11 is 6.02. The first-order valence-electron chi connectivity index (χ1n) is 5.14. The Morgan fingerprint density at radius 2 is 1.83 bits per heavy atom. The van der Waals surface area contributed by atoms with Crippen molar-refractivity contribution in [3.8, 4) is 11.5 Å². The zero-order valence-electron chi connectivity index (χ0n) is 10.6. The van der Waals surface area contributed by atoms with Gasteiger partial charge in [-0.15, -0.1) is 0 Å². The summed E-state index contributed by atoms with van der Waals surface area (Å²) in [5.74, 6) is -0.157. The van der Waals surface area contributed by atoms with Gasteiger partial charge in [0.05, 0.1) is 21.3 Å². The van der Waals surface area contributed by atoms with Crippen LogP contribution in [0, 0.1) is 6.92 Å². The van der Waals surface area contributed by atoms with Crippen LogP contribution in [-0.2, 0) is 9.53 Å². The van der Waals surface area contributed by atoms with E-state index in [-0.39, 0.29) is 11.3 Å². The van der Waals surface area contributed by atoms with E-state index in [4.69, 9.17) is 21.1 Å². The first-order valence-corrected chi connectivity index (χ1v) is 5.52. The Hall–Kier alpha value is -1.46. The number of aliphatic hydroxyl groups excluding tert-OH is 1. The maximum Gasteiger partial charge on any atom is 0.339 e. The molecule has 0 aliphatic rings. The van der Waals surface area contributed by atoms with Gasteiger partial charge in [0.15, 0.2) is 17.6 Å². The third-order valence-corrected chi connectivity index (χ3v) is 2.97. The molecular formula is C12H15ClO5. The number of methoxy groups -OCH3 is 3. The second-order valence-electron chi connectivity index (χ2n) is 3.56. The van der Waals surface area contributed by atoms with Gasteiger partial charge < -0.3 is 19.3 Å². The first kappa shape index (κ1) is 14.6. The minimum Gasteiger partial charge on any atom is -0.493 e. The number of carbonyl (C=O) groups is 1. The molecule has 1 aromatic rings. The van der Waals surface area contributed by atoms with Crippen LogP contribution in [0.3, 0.4) is 0 Å². The van der Waals surface area contributed by atoms with E-state index in [0.717, 1.165) is 0 Å². The lowest BCUT2D eigenvalue weighted by Crippen LogP contribution is -2.15.